The van der Waals surface area contributed by atoms with Crippen LogP contribution in [0.1, 0.15) is 44.9 Å². The summed E-state index contributed by atoms with van der Waals surface area (Å²) >= 11 is 1.45. The van der Waals surface area contributed by atoms with Crippen molar-refractivity contribution in [3.05, 3.63) is 30.1 Å². The van der Waals surface area contributed by atoms with E-state index < -0.39 is 0 Å². The van der Waals surface area contributed by atoms with Crippen molar-refractivity contribution in [3.63, 3.8) is 0 Å². The molecule has 1 aromatic carbocycles. The van der Waals surface area contributed by atoms with Crippen LogP contribution in [-0.2, 0) is 16.0 Å². The monoisotopic (exact) mass is 330 g/mol. The number of fused-ring (bicyclic) bond motifs is 1. The number of para-hydroxylation sites is 1. The van der Waals surface area contributed by atoms with Gasteiger partial charge in [0, 0.05) is 11.8 Å². The van der Waals surface area contributed by atoms with E-state index in [0.717, 1.165) is 41.0 Å². The van der Waals surface area contributed by atoms with E-state index in [9.17, 15) is 4.79 Å². The molecule has 1 aliphatic rings. The summed E-state index contributed by atoms with van der Waals surface area (Å²) in [5.41, 5.74) is 0.933. The third kappa shape index (κ3) is 4.22. The maximum absolute atomic E-state index is 12.1. The molecule has 0 radical (unpaired) electrons. The zero-order chi connectivity index (χ0) is 16.1. The van der Waals surface area contributed by atoms with Crippen molar-refractivity contribution < 1.29 is 9.53 Å². The van der Waals surface area contributed by atoms with E-state index in [4.69, 9.17) is 4.74 Å². The third-order valence-corrected chi connectivity index (χ3v) is 5.07. The minimum atomic E-state index is -0.136. The highest BCUT2D eigenvalue weighted by Gasteiger charge is 2.18. The zero-order valence-electron chi connectivity index (χ0n) is 13.5. The lowest BCUT2D eigenvalue weighted by Gasteiger charge is -2.21. The number of carbonyl (C=O) groups excluding carboxylic acids is 1. The molecule has 0 bridgehead atoms. The number of rotatable bonds is 5. The molecule has 23 heavy (non-hydrogen) atoms. The van der Waals surface area contributed by atoms with Crippen molar-refractivity contribution in [3.8, 4) is 0 Å². The van der Waals surface area contributed by atoms with Crippen molar-refractivity contribution >= 4 is 28.6 Å². The topological polar surface area (TPSA) is 52.1 Å². The van der Waals surface area contributed by atoms with Gasteiger partial charge in [0.25, 0.3) is 0 Å². The van der Waals surface area contributed by atoms with E-state index in [1.165, 1.54) is 31.0 Å². The zero-order valence-corrected chi connectivity index (χ0v) is 14.3. The van der Waals surface area contributed by atoms with E-state index >= 15 is 0 Å². The second-order valence-corrected chi connectivity index (χ2v) is 6.82. The molecule has 0 atom stereocenters. The number of aryl methyl sites for hydroxylation is 1. The quantitative estimate of drug-likeness (QED) is 0.468. The Morgan fingerprint density at radius 2 is 2.00 bits per heavy atom. The summed E-state index contributed by atoms with van der Waals surface area (Å²) in [6.07, 6.45) is 6.51. The van der Waals surface area contributed by atoms with Crippen LogP contribution in [0.3, 0.4) is 0 Å². The fourth-order valence-electron chi connectivity index (χ4n) is 2.89. The summed E-state index contributed by atoms with van der Waals surface area (Å²) < 4.78 is 5.58. The van der Waals surface area contributed by atoms with E-state index in [1.54, 1.807) is 0 Å². The van der Waals surface area contributed by atoms with Crippen molar-refractivity contribution in [2.24, 2.45) is 0 Å². The van der Waals surface area contributed by atoms with Crippen LogP contribution in [0, 0.1) is 0 Å². The molecule has 1 fully saturated rings. The number of hydrogen-bond acceptors (Lipinski definition) is 5. The van der Waals surface area contributed by atoms with Crippen LogP contribution in [0.5, 0.6) is 0 Å². The first-order valence-corrected chi connectivity index (χ1v) is 9.32. The molecule has 2 aromatic rings. The summed E-state index contributed by atoms with van der Waals surface area (Å²) in [4.78, 5) is 21.2. The highest BCUT2D eigenvalue weighted by molar-refractivity contribution is 8.00. The lowest BCUT2D eigenvalue weighted by molar-refractivity contribution is -0.147. The van der Waals surface area contributed by atoms with Crippen LogP contribution in [-0.4, -0.2) is 27.8 Å². The van der Waals surface area contributed by atoms with Crippen molar-refractivity contribution in [1.82, 2.24) is 9.97 Å². The molecule has 1 heterocycles. The maximum Gasteiger partial charge on any atom is 0.316 e. The molecule has 122 valence electrons. The summed E-state index contributed by atoms with van der Waals surface area (Å²) in [6.45, 7) is 2.04. The number of esters is 1. The number of ether oxygens (including phenoxy) is 1. The minimum Gasteiger partial charge on any atom is -0.462 e. The second-order valence-electron chi connectivity index (χ2n) is 5.85. The van der Waals surface area contributed by atoms with E-state index in [-0.39, 0.29) is 12.1 Å². The molecule has 0 amide bonds. The standard InChI is InChI=1S/C18H22N2O2S/c1-2-16-19-15-11-7-6-10-14(15)18(20-16)23-12-17(21)22-13-8-4-3-5-9-13/h6-7,10-11,13H,2-5,8-9,12H2,1H3. The van der Waals surface area contributed by atoms with Gasteiger partial charge >= 0.3 is 5.97 Å². The maximum atomic E-state index is 12.1. The molecule has 1 aromatic heterocycles. The van der Waals surface area contributed by atoms with E-state index in [1.807, 2.05) is 31.2 Å². The van der Waals surface area contributed by atoms with E-state index in [2.05, 4.69) is 9.97 Å². The van der Waals surface area contributed by atoms with Gasteiger partial charge in [0.05, 0.1) is 11.3 Å². The van der Waals surface area contributed by atoms with E-state index in [0.29, 0.717) is 5.75 Å². The summed E-state index contributed by atoms with van der Waals surface area (Å²) in [7, 11) is 0. The Balaban J connectivity index is 1.67. The Morgan fingerprint density at radius 3 is 2.78 bits per heavy atom. The predicted molar refractivity (Wildman–Crippen MR) is 92.6 cm³/mol. The van der Waals surface area contributed by atoms with Gasteiger partial charge in [-0.2, -0.15) is 0 Å². The molecule has 3 rings (SSSR count). The summed E-state index contributed by atoms with van der Waals surface area (Å²) in [6, 6.07) is 7.94. The Labute approximate surface area is 141 Å². The van der Waals surface area contributed by atoms with Crippen LogP contribution >= 0.6 is 11.8 Å². The molecular weight excluding hydrogens is 308 g/mol. The van der Waals surface area contributed by atoms with Gasteiger partial charge in [0.1, 0.15) is 17.0 Å². The van der Waals surface area contributed by atoms with Gasteiger partial charge in [-0.05, 0) is 31.7 Å². The molecule has 0 saturated heterocycles. The van der Waals surface area contributed by atoms with Gasteiger partial charge in [-0.1, -0.05) is 43.3 Å². The Kier molecular flexibility index (Phi) is 5.49. The van der Waals surface area contributed by atoms with Gasteiger partial charge in [0.2, 0.25) is 0 Å². The average molecular weight is 330 g/mol. The first-order valence-electron chi connectivity index (χ1n) is 8.34. The second kappa shape index (κ2) is 7.77. The molecule has 0 spiro atoms. The summed E-state index contributed by atoms with van der Waals surface area (Å²) in [5.74, 6) is 0.982. The first-order chi connectivity index (χ1) is 11.3. The number of thioether (sulfide) groups is 1. The highest BCUT2D eigenvalue weighted by Crippen LogP contribution is 2.26. The minimum absolute atomic E-state index is 0.116. The van der Waals surface area contributed by atoms with Gasteiger partial charge in [-0.3, -0.25) is 4.79 Å². The van der Waals surface area contributed by atoms with Gasteiger partial charge in [-0.15, -0.1) is 0 Å². The largest absolute Gasteiger partial charge is 0.462 e. The first kappa shape index (κ1) is 16.2. The van der Waals surface area contributed by atoms with Crippen molar-refractivity contribution in [2.75, 3.05) is 5.75 Å². The Hall–Kier alpha value is -1.62. The van der Waals surface area contributed by atoms with Gasteiger partial charge < -0.3 is 4.74 Å². The molecule has 1 aliphatic carbocycles. The van der Waals surface area contributed by atoms with Crippen LogP contribution in [0.25, 0.3) is 10.9 Å². The van der Waals surface area contributed by atoms with Crippen molar-refractivity contribution in [1.29, 1.82) is 0 Å². The molecule has 0 unspecified atom stereocenters. The number of benzene rings is 1. The number of nitrogens with zero attached hydrogens (tertiary/aromatic N) is 2. The fourth-order valence-corrected chi connectivity index (χ4v) is 3.71. The van der Waals surface area contributed by atoms with Crippen LogP contribution in [0.4, 0.5) is 0 Å². The SMILES string of the molecule is CCc1nc(SCC(=O)OC2CCCCC2)c2ccccc2n1. The normalized spacial score (nSPS) is 15.7. The number of hydrogen-bond donors (Lipinski definition) is 0. The number of aromatic nitrogens is 2. The summed E-state index contributed by atoms with van der Waals surface area (Å²) in [5, 5.41) is 1.87. The lowest BCUT2D eigenvalue weighted by Crippen LogP contribution is -2.21. The fraction of sp³-hybridized carbons (Fsp3) is 0.500. The van der Waals surface area contributed by atoms with Gasteiger partial charge in [-0.25, -0.2) is 9.97 Å². The third-order valence-electron chi connectivity index (χ3n) is 4.11. The lowest BCUT2D eigenvalue weighted by atomic mass is 9.98. The highest BCUT2D eigenvalue weighted by atomic mass is 32.2. The molecular formula is C18H22N2O2S. The predicted octanol–water partition coefficient (Wildman–Crippen LogP) is 4.16. The van der Waals surface area contributed by atoms with Crippen LogP contribution in [0.2, 0.25) is 0 Å². The average Bonchev–Trinajstić information content (AvgIpc) is 2.60. The molecule has 4 nitrogen and oxygen atoms in total. The van der Waals surface area contributed by atoms with Crippen molar-refractivity contribution in [2.45, 2.75) is 56.6 Å². The molecule has 1 saturated carbocycles. The molecule has 0 aliphatic heterocycles. The Bertz CT molecular complexity index is 684. The van der Waals surface area contributed by atoms with Crippen LogP contribution in [0.15, 0.2) is 29.3 Å². The van der Waals surface area contributed by atoms with Gasteiger partial charge in [0.15, 0.2) is 0 Å². The smallest absolute Gasteiger partial charge is 0.316 e. The molecule has 0 N–H and O–H groups in total. The molecule has 5 heteroatoms. The Morgan fingerprint density at radius 1 is 1.22 bits per heavy atom. The van der Waals surface area contributed by atoms with Crippen LogP contribution < -0.4 is 0 Å². The number of carbonyl (C=O) groups is 1.